The van der Waals surface area contributed by atoms with Crippen LogP contribution in [0.15, 0.2) is 24.1 Å². The molecule has 0 fully saturated rings. The topological polar surface area (TPSA) is 0 Å². The summed E-state index contributed by atoms with van der Waals surface area (Å²) >= 11 is 0. The lowest BCUT2D eigenvalue weighted by Gasteiger charge is -2.22. The van der Waals surface area contributed by atoms with Crippen molar-refractivity contribution in [3.05, 3.63) is 24.1 Å². The molecule has 0 N–H and O–H groups in total. The lowest BCUT2D eigenvalue weighted by atomic mass is 9.84. The molecule has 3 atom stereocenters. The molecule has 0 aromatic heterocycles. The van der Waals surface area contributed by atoms with E-state index in [0.717, 1.165) is 37.7 Å². The van der Waals surface area contributed by atoms with Gasteiger partial charge in [-0.3, -0.25) is 0 Å². The average molecular weight is 272 g/mol. The molecule has 0 aliphatic carbocycles. The molecule has 0 radical (unpaired) electrons. The van der Waals surface area contributed by atoms with E-state index >= 15 is 0 Å². The Labute approximate surface area is 118 Å². The van der Waals surface area contributed by atoms with E-state index in [0.29, 0.717) is 24.6 Å². The van der Waals surface area contributed by atoms with Gasteiger partial charge in [-0.25, -0.2) is 8.78 Å². The normalized spacial score (nSPS) is 17.7. The highest BCUT2D eigenvalue weighted by atomic mass is 19.1. The highest BCUT2D eigenvalue weighted by Crippen LogP contribution is 2.26. The van der Waals surface area contributed by atoms with Gasteiger partial charge in [0.15, 0.2) is 0 Å². The van der Waals surface area contributed by atoms with Gasteiger partial charge in [0, 0.05) is 0 Å². The van der Waals surface area contributed by atoms with E-state index in [4.69, 9.17) is 0 Å². The molecule has 0 saturated heterocycles. The molecule has 0 aliphatic heterocycles. The van der Waals surface area contributed by atoms with Gasteiger partial charge < -0.3 is 0 Å². The van der Waals surface area contributed by atoms with E-state index in [-0.39, 0.29) is 0 Å². The maximum Gasteiger partial charge on any atom is 0.0973 e. The molecule has 0 aromatic rings. The van der Waals surface area contributed by atoms with Crippen LogP contribution in [0.3, 0.4) is 0 Å². The maximum atomic E-state index is 12.7. The summed E-state index contributed by atoms with van der Waals surface area (Å²) < 4.78 is 25.1. The van der Waals surface area contributed by atoms with Crippen molar-refractivity contribution in [2.75, 3.05) is 0 Å². The summed E-state index contributed by atoms with van der Waals surface area (Å²) in [5.74, 6) is 1.26. The Kier molecular flexibility index (Phi) is 10.8. The standard InChI is InChI=1S/C17H30F2/c1-5-14(3)17(6-2)13-16(11-12-18)10-8-7-9-15(4)19/h10-12,14-15,17H,5-9,13H2,1-4H3/b12-11-,16-10+/t14?,15?,17-/m0/s1. The number of alkyl halides is 1. The van der Waals surface area contributed by atoms with Crippen molar-refractivity contribution in [2.24, 2.45) is 11.8 Å². The SMILES string of the molecule is CCC(C)[C@@H](CC)CC(/C=C\F)=C/CCCC(C)F. The second-order valence-electron chi connectivity index (χ2n) is 5.54. The summed E-state index contributed by atoms with van der Waals surface area (Å²) in [6, 6.07) is 0. The molecule has 0 saturated carbocycles. The second-order valence-corrected chi connectivity index (χ2v) is 5.54. The quantitative estimate of drug-likeness (QED) is 0.319. The van der Waals surface area contributed by atoms with Gasteiger partial charge in [-0.1, -0.05) is 39.7 Å². The number of rotatable bonds is 10. The maximum absolute atomic E-state index is 12.7. The second kappa shape index (κ2) is 11.2. The number of hydrogen-bond acceptors (Lipinski definition) is 0. The van der Waals surface area contributed by atoms with Gasteiger partial charge in [0.1, 0.15) is 0 Å². The molecule has 19 heavy (non-hydrogen) atoms. The predicted molar refractivity (Wildman–Crippen MR) is 80.6 cm³/mol. The van der Waals surface area contributed by atoms with Gasteiger partial charge >= 0.3 is 0 Å². The van der Waals surface area contributed by atoms with Crippen LogP contribution >= 0.6 is 0 Å². The third-order valence-corrected chi connectivity index (χ3v) is 3.96. The van der Waals surface area contributed by atoms with E-state index in [2.05, 4.69) is 26.8 Å². The minimum Gasteiger partial charge on any atom is -0.248 e. The monoisotopic (exact) mass is 272 g/mol. The van der Waals surface area contributed by atoms with E-state index < -0.39 is 6.17 Å². The fourth-order valence-electron chi connectivity index (χ4n) is 2.37. The molecule has 2 unspecified atom stereocenters. The van der Waals surface area contributed by atoms with Crippen molar-refractivity contribution < 1.29 is 8.78 Å². The van der Waals surface area contributed by atoms with E-state index in [1.165, 1.54) is 0 Å². The first-order valence-corrected chi connectivity index (χ1v) is 7.64. The van der Waals surface area contributed by atoms with Gasteiger partial charge in [-0.05, 0) is 56.1 Å². The van der Waals surface area contributed by atoms with Crippen molar-refractivity contribution >= 4 is 0 Å². The van der Waals surface area contributed by atoms with Gasteiger partial charge in [-0.15, -0.1) is 0 Å². The van der Waals surface area contributed by atoms with Crippen LogP contribution in [0.25, 0.3) is 0 Å². The highest BCUT2D eigenvalue weighted by molar-refractivity contribution is 5.18. The molecule has 0 bridgehead atoms. The van der Waals surface area contributed by atoms with Crippen molar-refractivity contribution in [3.8, 4) is 0 Å². The van der Waals surface area contributed by atoms with Crippen LogP contribution in [0.4, 0.5) is 8.78 Å². The molecule has 0 heterocycles. The summed E-state index contributed by atoms with van der Waals surface area (Å²) in [6.45, 7) is 8.24. The van der Waals surface area contributed by atoms with Gasteiger partial charge in [0.25, 0.3) is 0 Å². The van der Waals surface area contributed by atoms with Gasteiger partial charge in [0.05, 0.1) is 12.5 Å². The highest BCUT2D eigenvalue weighted by Gasteiger charge is 2.14. The zero-order chi connectivity index (χ0) is 14.7. The predicted octanol–water partition coefficient (Wildman–Crippen LogP) is 6.39. The third kappa shape index (κ3) is 8.96. The lowest BCUT2D eigenvalue weighted by Crippen LogP contribution is -2.10. The summed E-state index contributed by atoms with van der Waals surface area (Å²) in [6.07, 6.45) is 8.98. The molecule has 0 rings (SSSR count). The van der Waals surface area contributed by atoms with Crippen LogP contribution in [0, 0.1) is 11.8 Å². The fraction of sp³-hybridized carbons (Fsp3) is 0.765. The largest absolute Gasteiger partial charge is 0.248 e. The third-order valence-electron chi connectivity index (χ3n) is 3.96. The van der Waals surface area contributed by atoms with Crippen LogP contribution in [0.2, 0.25) is 0 Å². The average Bonchev–Trinajstić information content (AvgIpc) is 2.39. The zero-order valence-electron chi connectivity index (χ0n) is 13.0. The van der Waals surface area contributed by atoms with E-state index in [9.17, 15) is 8.78 Å². The molecule has 2 heteroatoms. The molecule has 0 nitrogen and oxygen atoms in total. The van der Waals surface area contributed by atoms with Crippen LogP contribution in [-0.2, 0) is 0 Å². The molecular formula is C17H30F2. The minimum absolute atomic E-state index is 0.589. The molecular weight excluding hydrogens is 242 g/mol. The zero-order valence-corrected chi connectivity index (χ0v) is 13.0. The molecule has 0 spiro atoms. The van der Waals surface area contributed by atoms with E-state index in [1.54, 1.807) is 13.0 Å². The summed E-state index contributed by atoms with van der Waals surface area (Å²) in [5.41, 5.74) is 1.06. The number of halogens is 2. The molecule has 0 aromatic carbocycles. The van der Waals surface area contributed by atoms with Crippen LogP contribution < -0.4 is 0 Å². The Morgan fingerprint density at radius 1 is 1.16 bits per heavy atom. The Morgan fingerprint density at radius 3 is 2.32 bits per heavy atom. The first-order chi connectivity index (χ1) is 9.04. The minimum atomic E-state index is -0.739. The fourth-order valence-corrected chi connectivity index (χ4v) is 2.37. The lowest BCUT2D eigenvalue weighted by molar-refractivity contribution is 0.333. The number of unbranched alkanes of at least 4 members (excludes halogenated alkanes) is 1. The van der Waals surface area contributed by atoms with E-state index in [1.807, 2.05) is 0 Å². The summed E-state index contributed by atoms with van der Waals surface area (Å²) in [5, 5.41) is 0. The Morgan fingerprint density at radius 2 is 1.84 bits per heavy atom. The molecule has 112 valence electrons. The van der Waals surface area contributed by atoms with Crippen molar-refractivity contribution in [3.63, 3.8) is 0 Å². The first kappa shape index (κ1) is 18.3. The van der Waals surface area contributed by atoms with Crippen LogP contribution in [-0.4, -0.2) is 6.17 Å². The summed E-state index contributed by atoms with van der Waals surface area (Å²) in [7, 11) is 0. The Balaban J connectivity index is 4.41. The Hall–Kier alpha value is -0.660. The van der Waals surface area contributed by atoms with Crippen LogP contribution in [0.5, 0.6) is 0 Å². The number of hydrogen-bond donors (Lipinski definition) is 0. The molecule has 0 amide bonds. The van der Waals surface area contributed by atoms with Crippen LogP contribution in [0.1, 0.15) is 66.2 Å². The molecule has 0 aliphatic rings. The smallest absolute Gasteiger partial charge is 0.0973 e. The van der Waals surface area contributed by atoms with Gasteiger partial charge in [-0.2, -0.15) is 0 Å². The van der Waals surface area contributed by atoms with Gasteiger partial charge in [0.2, 0.25) is 0 Å². The van der Waals surface area contributed by atoms with Crippen molar-refractivity contribution in [2.45, 2.75) is 72.4 Å². The van der Waals surface area contributed by atoms with Crippen molar-refractivity contribution in [1.29, 1.82) is 0 Å². The van der Waals surface area contributed by atoms with Crippen molar-refractivity contribution in [1.82, 2.24) is 0 Å². The Bertz CT molecular complexity index is 266. The summed E-state index contributed by atoms with van der Waals surface area (Å²) in [4.78, 5) is 0. The first-order valence-electron chi connectivity index (χ1n) is 7.64. The number of allylic oxidation sites excluding steroid dienone is 3.